The molecule has 1 aromatic heterocycles. The van der Waals surface area contributed by atoms with Crippen LogP contribution in [0.25, 0.3) is 0 Å². The number of hydrogen-bond acceptors (Lipinski definition) is 2. The number of halogens is 2. The molecule has 2 nitrogen and oxygen atoms in total. The van der Waals surface area contributed by atoms with Crippen molar-refractivity contribution in [3.05, 3.63) is 29.6 Å². The van der Waals surface area contributed by atoms with Gasteiger partial charge >= 0.3 is 6.61 Å². The minimum absolute atomic E-state index is 0.0920. The van der Waals surface area contributed by atoms with Crippen molar-refractivity contribution < 1.29 is 13.5 Å². The van der Waals surface area contributed by atoms with Crippen molar-refractivity contribution in [2.75, 3.05) is 0 Å². The number of rotatable bonds is 4. The van der Waals surface area contributed by atoms with Crippen LogP contribution in [0.15, 0.2) is 18.5 Å². The molecule has 0 aliphatic rings. The van der Waals surface area contributed by atoms with Gasteiger partial charge in [0, 0.05) is 12.4 Å². The molecule has 1 heterocycles. The van der Waals surface area contributed by atoms with Crippen molar-refractivity contribution in [3.8, 4) is 0 Å². The van der Waals surface area contributed by atoms with Gasteiger partial charge in [0.15, 0.2) is 0 Å². The summed E-state index contributed by atoms with van der Waals surface area (Å²) in [6.45, 7) is 1.23. The lowest BCUT2D eigenvalue weighted by molar-refractivity contribution is -0.137. The lowest BCUT2D eigenvalue weighted by Crippen LogP contribution is -2.00. The van der Waals surface area contributed by atoms with E-state index in [4.69, 9.17) is 0 Å². The second-order valence-electron chi connectivity index (χ2n) is 3.35. The van der Waals surface area contributed by atoms with Crippen LogP contribution in [0.3, 0.4) is 0 Å². The number of aromatic nitrogens is 1. The average Bonchev–Trinajstić information content (AvgIpc) is 2.15. The molecular weight excluding hydrogens is 188 g/mol. The van der Waals surface area contributed by atoms with E-state index in [9.17, 15) is 8.78 Å². The molecule has 1 aromatic rings. The summed E-state index contributed by atoms with van der Waals surface area (Å²) in [6, 6.07) is 1.83. The van der Waals surface area contributed by atoms with Crippen LogP contribution >= 0.6 is 0 Å². The van der Waals surface area contributed by atoms with Gasteiger partial charge in [-0.1, -0.05) is 19.9 Å². The average molecular weight is 201 g/mol. The van der Waals surface area contributed by atoms with E-state index in [1.165, 1.54) is 6.20 Å². The van der Waals surface area contributed by atoms with E-state index in [0.717, 1.165) is 5.56 Å². The van der Waals surface area contributed by atoms with Gasteiger partial charge in [-0.15, -0.1) is 0 Å². The molecule has 0 aromatic carbocycles. The molecule has 0 amide bonds. The van der Waals surface area contributed by atoms with E-state index < -0.39 is 6.61 Å². The van der Waals surface area contributed by atoms with Crippen molar-refractivity contribution in [1.29, 1.82) is 0 Å². The Balaban J connectivity index is 2.64. The van der Waals surface area contributed by atoms with Crippen LogP contribution in [0.5, 0.6) is 0 Å². The summed E-state index contributed by atoms with van der Waals surface area (Å²) in [4.78, 5) is 3.96. The normalized spacial score (nSPS) is 11.3. The highest BCUT2D eigenvalue weighted by molar-refractivity contribution is 5.20. The van der Waals surface area contributed by atoms with Crippen molar-refractivity contribution in [3.63, 3.8) is 0 Å². The molecule has 0 N–H and O–H groups in total. The third kappa shape index (κ3) is 3.38. The Morgan fingerprint density at radius 2 is 2.07 bits per heavy atom. The van der Waals surface area contributed by atoms with Crippen molar-refractivity contribution in [1.82, 2.24) is 4.98 Å². The molecule has 78 valence electrons. The monoisotopic (exact) mass is 201 g/mol. The largest absolute Gasteiger partial charge is 0.345 e. The molecule has 0 saturated heterocycles. The van der Waals surface area contributed by atoms with Gasteiger partial charge in [0.1, 0.15) is 0 Å². The van der Waals surface area contributed by atoms with Gasteiger partial charge in [-0.3, -0.25) is 4.98 Å². The number of pyridine rings is 1. The van der Waals surface area contributed by atoms with E-state index in [2.05, 4.69) is 9.72 Å². The molecule has 0 saturated carbocycles. The molecule has 4 heteroatoms. The Kier molecular flexibility index (Phi) is 3.95. The fraction of sp³-hybridized carbons (Fsp3) is 0.500. The van der Waals surface area contributed by atoms with E-state index >= 15 is 0 Å². The van der Waals surface area contributed by atoms with Crippen LogP contribution in [0, 0.1) is 0 Å². The van der Waals surface area contributed by atoms with Gasteiger partial charge in [0.25, 0.3) is 0 Å². The zero-order valence-corrected chi connectivity index (χ0v) is 8.21. The molecule has 14 heavy (non-hydrogen) atoms. The summed E-state index contributed by atoms with van der Waals surface area (Å²) in [6.07, 6.45) is 3.27. The Bertz CT molecular complexity index is 289. The summed E-state index contributed by atoms with van der Waals surface area (Å²) in [5.41, 5.74) is 1.71. The highest BCUT2D eigenvalue weighted by Gasteiger charge is 2.04. The molecule has 0 radical (unpaired) electrons. The zero-order valence-electron chi connectivity index (χ0n) is 8.21. The Hall–Kier alpha value is -1.03. The first-order valence-electron chi connectivity index (χ1n) is 4.43. The highest BCUT2D eigenvalue weighted by Crippen LogP contribution is 2.15. The quantitative estimate of drug-likeness (QED) is 0.747. The fourth-order valence-electron chi connectivity index (χ4n) is 1.06. The number of ether oxygens (including phenoxy) is 1. The fourth-order valence-corrected chi connectivity index (χ4v) is 1.06. The lowest BCUT2D eigenvalue weighted by atomic mass is 10.0. The maximum Gasteiger partial charge on any atom is 0.345 e. The first kappa shape index (κ1) is 11.0. The van der Waals surface area contributed by atoms with Crippen LogP contribution in [0.2, 0.25) is 0 Å². The van der Waals surface area contributed by atoms with Gasteiger partial charge < -0.3 is 4.74 Å². The first-order valence-corrected chi connectivity index (χ1v) is 4.43. The van der Waals surface area contributed by atoms with Crippen LogP contribution in [-0.2, 0) is 11.3 Å². The van der Waals surface area contributed by atoms with E-state index in [0.29, 0.717) is 11.5 Å². The molecule has 0 unspecified atom stereocenters. The van der Waals surface area contributed by atoms with Crippen LogP contribution in [0.4, 0.5) is 8.78 Å². The first-order chi connectivity index (χ1) is 6.59. The van der Waals surface area contributed by atoms with Crippen molar-refractivity contribution in [2.45, 2.75) is 33.0 Å². The van der Waals surface area contributed by atoms with Gasteiger partial charge in [0.2, 0.25) is 0 Å². The van der Waals surface area contributed by atoms with Gasteiger partial charge in [-0.2, -0.15) is 8.78 Å². The minimum atomic E-state index is -2.72. The van der Waals surface area contributed by atoms with Crippen molar-refractivity contribution >= 4 is 0 Å². The highest BCUT2D eigenvalue weighted by atomic mass is 19.3. The Labute approximate surface area is 81.9 Å². The second-order valence-corrected chi connectivity index (χ2v) is 3.35. The third-order valence-corrected chi connectivity index (χ3v) is 1.86. The van der Waals surface area contributed by atoms with Gasteiger partial charge in [-0.25, -0.2) is 0 Å². The summed E-state index contributed by atoms with van der Waals surface area (Å²) in [5.74, 6) is 0.342. The number of nitrogens with zero attached hydrogens (tertiary/aromatic N) is 1. The second kappa shape index (κ2) is 5.00. The molecule has 0 aliphatic carbocycles. The van der Waals surface area contributed by atoms with Crippen LogP contribution < -0.4 is 0 Å². The smallest absolute Gasteiger partial charge is 0.318 e. The zero-order chi connectivity index (χ0) is 10.6. The van der Waals surface area contributed by atoms with E-state index in [1.807, 2.05) is 19.9 Å². The topological polar surface area (TPSA) is 22.1 Å². The molecule has 0 fully saturated rings. The predicted octanol–water partition coefficient (Wildman–Crippen LogP) is 2.94. The SMILES string of the molecule is CC(C)c1cncc(COC(F)F)c1. The molecule has 0 atom stereocenters. The minimum Gasteiger partial charge on any atom is -0.318 e. The predicted molar refractivity (Wildman–Crippen MR) is 49.1 cm³/mol. The number of alkyl halides is 2. The maximum atomic E-state index is 11.7. The Morgan fingerprint density at radius 1 is 1.36 bits per heavy atom. The summed E-state index contributed by atoms with van der Waals surface area (Å²) >= 11 is 0. The maximum absolute atomic E-state index is 11.7. The molecule has 0 bridgehead atoms. The molecule has 0 spiro atoms. The summed E-state index contributed by atoms with van der Waals surface area (Å²) in [5, 5.41) is 0. The summed E-state index contributed by atoms with van der Waals surface area (Å²) in [7, 11) is 0. The molecular formula is C10H13F2NO. The molecule has 1 rings (SSSR count). The van der Waals surface area contributed by atoms with E-state index in [1.54, 1.807) is 6.20 Å². The van der Waals surface area contributed by atoms with Crippen LogP contribution in [-0.4, -0.2) is 11.6 Å². The summed E-state index contributed by atoms with van der Waals surface area (Å²) < 4.78 is 27.7. The van der Waals surface area contributed by atoms with Crippen molar-refractivity contribution in [2.24, 2.45) is 0 Å². The van der Waals surface area contributed by atoms with Gasteiger partial charge in [-0.05, 0) is 17.0 Å². The standard InChI is InChI=1S/C10H13F2NO/c1-7(2)9-3-8(4-13-5-9)6-14-10(11)12/h3-5,7,10H,6H2,1-2H3. The van der Waals surface area contributed by atoms with Gasteiger partial charge in [0.05, 0.1) is 6.61 Å². The number of hydrogen-bond donors (Lipinski definition) is 0. The van der Waals surface area contributed by atoms with Crippen LogP contribution in [0.1, 0.15) is 30.9 Å². The Morgan fingerprint density at radius 3 is 2.64 bits per heavy atom. The van der Waals surface area contributed by atoms with E-state index in [-0.39, 0.29) is 6.61 Å². The molecule has 0 aliphatic heterocycles. The third-order valence-electron chi connectivity index (χ3n) is 1.86. The lowest BCUT2D eigenvalue weighted by Gasteiger charge is -2.07.